The molecule has 6 rings (SSSR count). The van der Waals surface area contributed by atoms with Crippen LogP contribution in [0.1, 0.15) is 56.0 Å². The van der Waals surface area contributed by atoms with Gasteiger partial charge >= 0.3 is 0 Å². The van der Waals surface area contributed by atoms with Crippen LogP contribution in [0.25, 0.3) is 0 Å². The van der Waals surface area contributed by atoms with E-state index in [1.807, 2.05) is 39.9 Å². The van der Waals surface area contributed by atoms with E-state index in [1.165, 1.54) is 7.05 Å². The zero-order valence-corrected chi connectivity index (χ0v) is 27.9. The van der Waals surface area contributed by atoms with Crippen molar-refractivity contribution in [3.05, 3.63) is 53.9 Å². The minimum Gasteiger partial charge on any atom is -0.381 e. The Kier molecular flexibility index (Phi) is 9.44. The fourth-order valence-corrected chi connectivity index (χ4v) is 7.44. The standard InChI is InChI=1S/C35H48N6O6/c1-23(47-19-25-8-6-5-7-9-25)29(31(43)36-4)38-30(42)28-18-39(20-35(28)21-40(22-35)33(45)27-14-34(27,2)3)32(44)26-15-37-41(17-26)16-24-10-12-46-13-11-24/h5-9,15,17,23-24,27-29H,10-14,16,18-22H2,1-4H3,(H,36,43)(H,38,42)/t23-,27-,28+,29+/m1/s1. The first-order valence-corrected chi connectivity index (χ1v) is 16.9. The summed E-state index contributed by atoms with van der Waals surface area (Å²) in [6.45, 7) is 9.79. The van der Waals surface area contributed by atoms with E-state index in [-0.39, 0.29) is 48.1 Å². The van der Waals surface area contributed by atoms with Gasteiger partial charge in [-0.2, -0.15) is 5.10 Å². The number of benzene rings is 1. The van der Waals surface area contributed by atoms with Gasteiger partial charge in [0.1, 0.15) is 6.04 Å². The highest BCUT2D eigenvalue weighted by molar-refractivity contribution is 5.95. The summed E-state index contributed by atoms with van der Waals surface area (Å²) in [5, 5.41) is 10.1. The van der Waals surface area contributed by atoms with E-state index >= 15 is 0 Å². The molecule has 12 heteroatoms. The van der Waals surface area contributed by atoms with Gasteiger partial charge in [0.25, 0.3) is 5.91 Å². The molecule has 4 atom stereocenters. The molecule has 0 unspecified atom stereocenters. The lowest BCUT2D eigenvalue weighted by molar-refractivity contribution is -0.152. The molecule has 4 heterocycles. The van der Waals surface area contributed by atoms with Crippen molar-refractivity contribution in [3.63, 3.8) is 0 Å². The minimum atomic E-state index is -0.938. The largest absolute Gasteiger partial charge is 0.381 e. The third-order valence-corrected chi connectivity index (χ3v) is 10.7. The van der Waals surface area contributed by atoms with Gasteiger partial charge in [0.15, 0.2) is 0 Å². The monoisotopic (exact) mass is 648 g/mol. The first-order valence-electron chi connectivity index (χ1n) is 16.9. The topological polar surface area (TPSA) is 135 Å². The average molecular weight is 649 g/mol. The van der Waals surface area contributed by atoms with Gasteiger partial charge in [0, 0.05) is 70.5 Å². The molecule has 3 aliphatic heterocycles. The number of likely N-dealkylation sites (tertiary alicyclic amines) is 2. The van der Waals surface area contributed by atoms with Gasteiger partial charge in [-0.3, -0.25) is 23.9 Å². The van der Waals surface area contributed by atoms with Crippen molar-refractivity contribution >= 4 is 23.6 Å². The maximum atomic E-state index is 14.1. The Morgan fingerprint density at radius 3 is 2.38 bits per heavy atom. The molecule has 1 aromatic heterocycles. The first-order chi connectivity index (χ1) is 22.5. The van der Waals surface area contributed by atoms with E-state index in [2.05, 4.69) is 29.6 Å². The summed E-state index contributed by atoms with van der Waals surface area (Å²) >= 11 is 0. The maximum Gasteiger partial charge on any atom is 0.257 e. The maximum absolute atomic E-state index is 14.1. The molecular weight excluding hydrogens is 600 g/mol. The van der Waals surface area contributed by atoms with Crippen molar-refractivity contribution in [2.24, 2.45) is 28.6 Å². The molecule has 1 aliphatic carbocycles. The molecule has 1 spiro atoms. The molecule has 4 fully saturated rings. The number of carbonyl (C=O) groups is 4. The second-order valence-corrected chi connectivity index (χ2v) is 14.6. The van der Waals surface area contributed by atoms with Crippen molar-refractivity contribution < 1.29 is 28.7 Å². The zero-order chi connectivity index (χ0) is 33.3. The van der Waals surface area contributed by atoms with Crippen molar-refractivity contribution in [2.75, 3.05) is 46.4 Å². The average Bonchev–Trinajstić information content (AvgIpc) is 3.37. The van der Waals surface area contributed by atoms with Crippen LogP contribution in [-0.4, -0.2) is 102 Å². The number of hydrogen-bond donors (Lipinski definition) is 2. The zero-order valence-electron chi connectivity index (χ0n) is 27.9. The summed E-state index contributed by atoms with van der Waals surface area (Å²) < 4.78 is 13.3. The number of hydrogen-bond acceptors (Lipinski definition) is 7. The predicted molar refractivity (Wildman–Crippen MR) is 173 cm³/mol. The van der Waals surface area contributed by atoms with Crippen LogP contribution in [0.3, 0.4) is 0 Å². The molecular formula is C35H48N6O6. The Balaban J connectivity index is 1.16. The number of ether oxygens (including phenoxy) is 2. The molecule has 1 aromatic carbocycles. The van der Waals surface area contributed by atoms with Crippen LogP contribution < -0.4 is 10.6 Å². The van der Waals surface area contributed by atoms with Crippen molar-refractivity contribution in [1.82, 2.24) is 30.2 Å². The Morgan fingerprint density at radius 1 is 1.04 bits per heavy atom. The third-order valence-electron chi connectivity index (χ3n) is 10.7. The van der Waals surface area contributed by atoms with Crippen molar-refractivity contribution in [2.45, 2.75) is 65.3 Å². The van der Waals surface area contributed by atoms with Gasteiger partial charge in [-0.1, -0.05) is 44.2 Å². The van der Waals surface area contributed by atoms with Crippen molar-refractivity contribution in [1.29, 1.82) is 0 Å². The van der Waals surface area contributed by atoms with Gasteiger partial charge in [-0.25, -0.2) is 0 Å². The first kappa shape index (κ1) is 33.1. The molecule has 2 aromatic rings. The molecule has 47 heavy (non-hydrogen) atoms. The molecule has 3 saturated heterocycles. The third kappa shape index (κ3) is 7.08. The highest BCUT2D eigenvalue weighted by Crippen LogP contribution is 2.54. The number of aromatic nitrogens is 2. The molecule has 254 valence electrons. The van der Waals surface area contributed by atoms with Crippen LogP contribution in [0.2, 0.25) is 0 Å². The minimum absolute atomic E-state index is 0.00425. The number of likely N-dealkylation sites (N-methyl/N-ethyl adjacent to an activating group) is 1. The Labute approximate surface area is 276 Å². The van der Waals surface area contributed by atoms with Gasteiger partial charge in [0.2, 0.25) is 17.7 Å². The van der Waals surface area contributed by atoms with Gasteiger partial charge in [-0.15, -0.1) is 0 Å². The summed E-state index contributed by atoms with van der Waals surface area (Å²) in [5.41, 5.74) is 0.828. The second kappa shape index (κ2) is 13.4. The van der Waals surface area contributed by atoms with E-state index in [0.29, 0.717) is 31.1 Å². The number of amides is 4. The van der Waals surface area contributed by atoms with Crippen LogP contribution in [0.4, 0.5) is 0 Å². The summed E-state index contributed by atoms with van der Waals surface area (Å²) in [5.74, 6) is -0.910. The Hall–Kier alpha value is -3.77. The van der Waals surface area contributed by atoms with E-state index in [9.17, 15) is 19.2 Å². The van der Waals surface area contributed by atoms with Gasteiger partial charge < -0.3 is 29.9 Å². The summed E-state index contributed by atoms with van der Waals surface area (Å²) in [6.07, 6.45) is 5.56. The van der Waals surface area contributed by atoms with Gasteiger partial charge in [0.05, 0.1) is 30.4 Å². The van der Waals surface area contributed by atoms with E-state index in [0.717, 1.165) is 44.6 Å². The SMILES string of the molecule is CNC(=O)[C@@H](NC(=O)[C@@H]1CN(C(=O)c2cnn(CC3CCOCC3)c2)CC12CN(C(=O)[C@H]1CC1(C)C)C2)[C@@H](C)OCc1ccccc1. The molecule has 1 saturated carbocycles. The van der Waals surface area contributed by atoms with Crippen LogP contribution in [0.15, 0.2) is 42.7 Å². The lowest BCUT2D eigenvalue weighted by Crippen LogP contribution is -2.65. The number of nitrogens with zero attached hydrogens (tertiary/aromatic N) is 4. The molecule has 2 N–H and O–H groups in total. The second-order valence-electron chi connectivity index (χ2n) is 14.6. The fraction of sp³-hybridized carbons (Fsp3) is 0.629. The van der Waals surface area contributed by atoms with E-state index < -0.39 is 23.5 Å². The van der Waals surface area contributed by atoms with E-state index in [4.69, 9.17) is 9.47 Å². The molecule has 12 nitrogen and oxygen atoms in total. The summed E-state index contributed by atoms with van der Waals surface area (Å²) in [4.78, 5) is 57.8. The van der Waals surface area contributed by atoms with Crippen molar-refractivity contribution in [3.8, 4) is 0 Å². The fourth-order valence-electron chi connectivity index (χ4n) is 7.44. The molecule has 4 aliphatic rings. The Bertz CT molecular complexity index is 1460. The van der Waals surface area contributed by atoms with Crippen LogP contribution in [0.5, 0.6) is 0 Å². The highest BCUT2D eigenvalue weighted by atomic mass is 16.5. The van der Waals surface area contributed by atoms with Crippen LogP contribution in [0, 0.1) is 28.6 Å². The predicted octanol–water partition coefficient (Wildman–Crippen LogP) is 2.09. The number of nitrogens with one attached hydrogen (secondary N) is 2. The normalized spacial score (nSPS) is 24.3. The highest BCUT2D eigenvalue weighted by Gasteiger charge is 2.62. The molecule has 0 bridgehead atoms. The quantitative estimate of drug-likeness (QED) is 0.381. The smallest absolute Gasteiger partial charge is 0.257 e. The Morgan fingerprint density at radius 2 is 1.72 bits per heavy atom. The summed E-state index contributed by atoms with van der Waals surface area (Å²) in [7, 11) is 1.53. The molecule has 4 amide bonds. The lowest BCUT2D eigenvalue weighted by Gasteiger charge is -2.50. The van der Waals surface area contributed by atoms with Gasteiger partial charge in [-0.05, 0) is 43.1 Å². The summed E-state index contributed by atoms with van der Waals surface area (Å²) in [6, 6.07) is 8.70. The van der Waals surface area contributed by atoms with Crippen LogP contribution >= 0.6 is 0 Å². The van der Waals surface area contributed by atoms with E-state index in [1.54, 1.807) is 24.2 Å². The molecule has 0 radical (unpaired) electrons. The van der Waals surface area contributed by atoms with Crippen LogP contribution in [-0.2, 0) is 37.0 Å². The number of carbonyl (C=O) groups excluding carboxylic acids is 4. The number of rotatable bonds is 11. The lowest BCUT2D eigenvalue weighted by atomic mass is 9.70.